The van der Waals surface area contributed by atoms with Gasteiger partial charge in [0.15, 0.2) is 0 Å². The molecule has 1 heterocycles. The number of carboxylic acid groups (broad SMARTS) is 1. The summed E-state index contributed by atoms with van der Waals surface area (Å²) >= 11 is 10.1. The highest BCUT2D eigenvalue weighted by atomic mass is 79.9. The second kappa shape index (κ2) is 7.32. The number of rotatable bonds is 7. The average molecular weight is 373 g/mol. The fraction of sp³-hybridized carbons (Fsp3) is 0.438. The monoisotopic (exact) mass is 371 g/mol. The zero-order valence-electron chi connectivity index (χ0n) is 11.9. The van der Waals surface area contributed by atoms with Crippen LogP contribution in [0, 0.1) is 0 Å². The number of alkyl halides is 2. The number of para-hydroxylation sites is 1. The standard InChI is InChI=1S/C16H19BrClNO2/c1-2-5-12(17)16(18)11(9-15(20)21)14-8-10-6-3-4-7-13(10)19-14/h3-4,6-8,11-12,16,19H,2,5,9H2,1H3,(H,20,21). The second-order valence-corrected chi connectivity index (χ2v) is 6.95. The Bertz CT molecular complexity index is 580. The lowest BCUT2D eigenvalue weighted by molar-refractivity contribution is -0.137. The van der Waals surface area contributed by atoms with Gasteiger partial charge in [0.2, 0.25) is 0 Å². The van der Waals surface area contributed by atoms with Crippen molar-refractivity contribution in [1.29, 1.82) is 0 Å². The molecule has 0 bridgehead atoms. The van der Waals surface area contributed by atoms with Crippen LogP contribution < -0.4 is 0 Å². The van der Waals surface area contributed by atoms with E-state index in [9.17, 15) is 9.90 Å². The minimum Gasteiger partial charge on any atom is -0.481 e. The Balaban J connectivity index is 2.32. The smallest absolute Gasteiger partial charge is 0.304 e. The van der Waals surface area contributed by atoms with Gasteiger partial charge >= 0.3 is 5.97 Å². The van der Waals surface area contributed by atoms with Gasteiger partial charge in [-0.2, -0.15) is 0 Å². The second-order valence-electron chi connectivity index (χ2n) is 5.27. The van der Waals surface area contributed by atoms with Gasteiger partial charge in [0.25, 0.3) is 0 Å². The van der Waals surface area contributed by atoms with Gasteiger partial charge in [0.1, 0.15) is 0 Å². The van der Waals surface area contributed by atoms with E-state index in [4.69, 9.17) is 11.6 Å². The number of hydrogen-bond acceptors (Lipinski definition) is 1. The van der Waals surface area contributed by atoms with Crippen molar-refractivity contribution >= 4 is 44.4 Å². The zero-order valence-corrected chi connectivity index (χ0v) is 14.2. The first kappa shape index (κ1) is 16.4. The van der Waals surface area contributed by atoms with Crippen molar-refractivity contribution in [3.05, 3.63) is 36.0 Å². The maximum Gasteiger partial charge on any atom is 0.304 e. The highest BCUT2D eigenvalue weighted by Gasteiger charge is 2.30. The van der Waals surface area contributed by atoms with Crippen molar-refractivity contribution in [3.8, 4) is 0 Å². The lowest BCUT2D eigenvalue weighted by atomic mass is 9.94. The SMILES string of the molecule is CCCC(Br)C(Cl)C(CC(=O)O)c1cc2ccccc2[nH]1. The predicted octanol–water partition coefficient (Wildman–Crippen LogP) is 4.90. The van der Waals surface area contributed by atoms with Crippen LogP contribution in [0.5, 0.6) is 0 Å². The maximum absolute atomic E-state index is 11.2. The molecule has 2 aromatic rings. The molecule has 3 unspecified atom stereocenters. The minimum atomic E-state index is -0.833. The highest BCUT2D eigenvalue weighted by Crippen LogP contribution is 2.34. The molecule has 0 spiro atoms. The summed E-state index contributed by atoms with van der Waals surface area (Å²) in [7, 11) is 0. The van der Waals surface area contributed by atoms with Crippen LogP contribution >= 0.6 is 27.5 Å². The number of nitrogens with one attached hydrogen (secondary N) is 1. The number of H-pyrrole nitrogens is 1. The van der Waals surface area contributed by atoms with Crippen LogP contribution in [0.15, 0.2) is 30.3 Å². The molecule has 21 heavy (non-hydrogen) atoms. The highest BCUT2D eigenvalue weighted by molar-refractivity contribution is 9.09. The van der Waals surface area contributed by atoms with Gasteiger partial charge in [-0.15, -0.1) is 11.6 Å². The number of hydrogen-bond donors (Lipinski definition) is 2. The molecule has 114 valence electrons. The third-order valence-electron chi connectivity index (χ3n) is 3.64. The molecule has 1 aromatic heterocycles. The summed E-state index contributed by atoms with van der Waals surface area (Å²) in [5.41, 5.74) is 1.90. The Morgan fingerprint density at radius 3 is 2.76 bits per heavy atom. The molecule has 3 atom stereocenters. The van der Waals surface area contributed by atoms with Crippen LogP contribution in [0.2, 0.25) is 0 Å². The Labute approximate surface area is 137 Å². The van der Waals surface area contributed by atoms with E-state index >= 15 is 0 Å². The van der Waals surface area contributed by atoms with Gasteiger partial charge in [0.05, 0.1) is 11.8 Å². The van der Waals surface area contributed by atoms with E-state index in [1.54, 1.807) is 0 Å². The van der Waals surface area contributed by atoms with Crippen molar-refractivity contribution in [2.24, 2.45) is 0 Å². The topological polar surface area (TPSA) is 53.1 Å². The average Bonchev–Trinajstić information content (AvgIpc) is 2.87. The number of carbonyl (C=O) groups is 1. The van der Waals surface area contributed by atoms with E-state index < -0.39 is 5.97 Å². The van der Waals surface area contributed by atoms with Gasteiger partial charge in [0, 0.05) is 22.0 Å². The van der Waals surface area contributed by atoms with Crippen LogP contribution in [0.3, 0.4) is 0 Å². The molecule has 2 rings (SSSR count). The van der Waals surface area contributed by atoms with Crippen molar-refractivity contribution in [2.75, 3.05) is 0 Å². The quantitative estimate of drug-likeness (QED) is 0.679. The number of aliphatic carboxylic acids is 1. The summed E-state index contributed by atoms with van der Waals surface area (Å²) in [6.07, 6.45) is 1.95. The Kier molecular flexibility index (Phi) is 5.71. The number of aromatic amines is 1. The van der Waals surface area contributed by atoms with Crippen molar-refractivity contribution in [3.63, 3.8) is 0 Å². The molecule has 0 aliphatic carbocycles. The number of aromatic nitrogens is 1. The van der Waals surface area contributed by atoms with Crippen molar-refractivity contribution < 1.29 is 9.90 Å². The van der Waals surface area contributed by atoms with Gasteiger partial charge in [-0.3, -0.25) is 4.79 Å². The first-order valence-corrected chi connectivity index (χ1v) is 8.45. The minimum absolute atomic E-state index is 0.0206. The summed E-state index contributed by atoms with van der Waals surface area (Å²) in [6.45, 7) is 2.09. The van der Waals surface area contributed by atoms with Gasteiger partial charge in [-0.25, -0.2) is 0 Å². The van der Waals surface area contributed by atoms with Gasteiger partial charge in [-0.05, 0) is 23.9 Å². The van der Waals surface area contributed by atoms with Gasteiger partial charge in [-0.1, -0.05) is 47.5 Å². The molecule has 0 saturated carbocycles. The molecular formula is C16H19BrClNO2. The summed E-state index contributed by atoms with van der Waals surface area (Å²) in [5.74, 6) is -1.08. The van der Waals surface area contributed by atoms with E-state index in [1.165, 1.54) is 0 Å². The molecule has 0 radical (unpaired) electrons. The Morgan fingerprint density at radius 2 is 2.14 bits per heavy atom. The summed E-state index contributed by atoms with van der Waals surface area (Å²) < 4.78 is 0. The fourth-order valence-corrected chi connectivity index (χ4v) is 3.74. The third-order valence-corrected chi connectivity index (χ3v) is 5.58. The van der Waals surface area contributed by atoms with E-state index in [1.807, 2.05) is 30.3 Å². The maximum atomic E-state index is 11.2. The van der Waals surface area contributed by atoms with Crippen LogP contribution in [0.25, 0.3) is 10.9 Å². The summed E-state index contributed by atoms with van der Waals surface area (Å²) in [6, 6.07) is 9.92. The lowest BCUT2D eigenvalue weighted by Gasteiger charge is -2.24. The molecule has 0 amide bonds. The molecular weight excluding hydrogens is 354 g/mol. The summed E-state index contributed by atoms with van der Waals surface area (Å²) in [5, 5.41) is 10.0. The number of fused-ring (bicyclic) bond motifs is 1. The molecule has 0 saturated heterocycles. The van der Waals surface area contributed by atoms with Crippen LogP contribution in [0.1, 0.15) is 37.8 Å². The molecule has 3 nitrogen and oxygen atoms in total. The van der Waals surface area contributed by atoms with E-state index in [0.717, 1.165) is 29.4 Å². The number of benzene rings is 1. The third kappa shape index (κ3) is 4.01. The van der Waals surface area contributed by atoms with Gasteiger partial charge < -0.3 is 10.1 Å². The molecule has 2 N–H and O–H groups in total. The predicted molar refractivity (Wildman–Crippen MR) is 90.6 cm³/mol. The molecule has 1 aromatic carbocycles. The largest absolute Gasteiger partial charge is 0.481 e. The van der Waals surface area contributed by atoms with Crippen LogP contribution in [-0.2, 0) is 4.79 Å². The Morgan fingerprint density at radius 1 is 1.43 bits per heavy atom. The summed E-state index contributed by atoms with van der Waals surface area (Å²) in [4.78, 5) is 14.6. The van der Waals surface area contributed by atoms with E-state index in [-0.39, 0.29) is 22.5 Å². The normalized spacial score (nSPS) is 15.8. The Hall–Kier alpha value is -1.00. The molecule has 5 heteroatoms. The zero-order chi connectivity index (χ0) is 15.4. The van der Waals surface area contributed by atoms with E-state index in [2.05, 4.69) is 27.8 Å². The lowest BCUT2D eigenvalue weighted by Crippen LogP contribution is -2.25. The van der Waals surface area contributed by atoms with Crippen LogP contribution in [0.4, 0.5) is 0 Å². The van der Waals surface area contributed by atoms with Crippen LogP contribution in [-0.4, -0.2) is 26.3 Å². The fourth-order valence-electron chi connectivity index (χ4n) is 2.56. The number of halogens is 2. The molecule has 0 fully saturated rings. The first-order chi connectivity index (χ1) is 10.0. The molecule has 0 aliphatic rings. The first-order valence-electron chi connectivity index (χ1n) is 7.10. The van der Waals surface area contributed by atoms with Crippen molar-refractivity contribution in [2.45, 2.75) is 42.3 Å². The number of carboxylic acids is 1. The van der Waals surface area contributed by atoms with E-state index in [0.29, 0.717) is 0 Å². The molecule has 0 aliphatic heterocycles. The van der Waals surface area contributed by atoms with Crippen molar-refractivity contribution in [1.82, 2.24) is 4.98 Å².